The van der Waals surface area contributed by atoms with Crippen molar-refractivity contribution in [2.75, 3.05) is 25.1 Å². The first-order chi connectivity index (χ1) is 20.2. The minimum Gasteiger partial charge on any atom is -0.497 e. The lowest BCUT2D eigenvalue weighted by molar-refractivity contribution is -0.141. The third-order valence-corrected chi connectivity index (χ3v) is 9.04. The van der Waals surface area contributed by atoms with E-state index in [4.69, 9.17) is 32.7 Å². The fraction of sp³-hybridized carbons (Fsp3) is 0.355. The second-order valence-electron chi connectivity index (χ2n) is 10.7. The molecule has 2 amide bonds. The third kappa shape index (κ3) is 8.34. The van der Waals surface area contributed by atoms with Crippen molar-refractivity contribution >= 4 is 50.7 Å². The standard InChI is InChI=1S/C31H37Cl2N3O6S/c1-7-26(30(38)34-31(2,3)4)35(19-23-24(32)11-10-12-25(23)33)29(37)20-36(27-13-8-9-14-28(27)42-6)43(39,40)22-17-15-21(41-5)16-18-22/h8-18,26H,7,19-20H2,1-6H3,(H,34,38)/t26-/m1/s1. The van der Waals surface area contributed by atoms with Gasteiger partial charge in [0.05, 0.1) is 24.8 Å². The van der Waals surface area contributed by atoms with E-state index in [0.717, 1.165) is 4.31 Å². The summed E-state index contributed by atoms with van der Waals surface area (Å²) < 4.78 is 39.9. The molecule has 9 nitrogen and oxygen atoms in total. The van der Waals surface area contributed by atoms with Crippen molar-refractivity contribution < 1.29 is 27.5 Å². The lowest BCUT2D eigenvalue weighted by Crippen LogP contribution is -2.55. The first-order valence-corrected chi connectivity index (χ1v) is 15.8. The highest BCUT2D eigenvalue weighted by atomic mass is 35.5. The van der Waals surface area contributed by atoms with E-state index in [0.29, 0.717) is 21.4 Å². The van der Waals surface area contributed by atoms with Crippen LogP contribution >= 0.6 is 23.2 Å². The van der Waals surface area contributed by atoms with E-state index in [2.05, 4.69) is 5.32 Å². The molecule has 0 saturated carbocycles. The molecule has 43 heavy (non-hydrogen) atoms. The maximum atomic E-state index is 14.3. The van der Waals surface area contributed by atoms with Crippen LogP contribution in [0.4, 0.5) is 5.69 Å². The van der Waals surface area contributed by atoms with Crippen LogP contribution in [-0.2, 0) is 26.2 Å². The molecule has 0 aliphatic rings. The predicted molar refractivity (Wildman–Crippen MR) is 170 cm³/mol. The SMILES string of the molecule is CC[C@H](C(=O)NC(C)(C)C)N(Cc1c(Cl)cccc1Cl)C(=O)CN(c1ccccc1OC)S(=O)(=O)c1ccc(OC)cc1. The second-order valence-corrected chi connectivity index (χ2v) is 13.4. The molecule has 3 aromatic carbocycles. The van der Waals surface area contributed by atoms with E-state index in [-0.39, 0.29) is 29.3 Å². The van der Waals surface area contributed by atoms with E-state index >= 15 is 0 Å². The largest absolute Gasteiger partial charge is 0.497 e. The summed E-state index contributed by atoms with van der Waals surface area (Å²) in [5, 5.41) is 3.55. The molecule has 3 aromatic rings. The molecular weight excluding hydrogens is 613 g/mol. The molecule has 0 heterocycles. The van der Waals surface area contributed by atoms with Gasteiger partial charge < -0.3 is 19.7 Å². The molecule has 3 rings (SSSR count). The van der Waals surface area contributed by atoms with Crippen LogP contribution in [0.15, 0.2) is 71.6 Å². The van der Waals surface area contributed by atoms with Crippen molar-refractivity contribution in [2.45, 2.75) is 57.1 Å². The summed E-state index contributed by atoms with van der Waals surface area (Å²) in [5.41, 5.74) is 0.00251. The molecule has 0 aromatic heterocycles. The monoisotopic (exact) mass is 649 g/mol. The predicted octanol–water partition coefficient (Wildman–Crippen LogP) is 5.93. The minimum atomic E-state index is -4.31. The molecule has 0 radical (unpaired) electrons. The van der Waals surface area contributed by atoms with Crippen molar-refractivity contribution in [3.05, 3.63) is 82.3 Å². The molecule has 0 fully saturated rings. The van der Waals surface area contributed by atoms with Gasteiger partial charge in [-0.3, -0.25) is 13.9 Å². The Hall–Kier alpha value is -3.47. The first kappa shape index (κ1) is 34.0. The number of halogens is 2. The Labute approximate surface area is 263 Å². The molecule has 0 spiro atoms. The second kappa shape index (κ2) is 14.3. The highest BCUT2D eigenvalue weighted by Crippen LogP contribution is 2.33. The first-order valence-electron chi connectivity index (χ1n) is 13.6. The molecule has 232 valence electrons. The summed E-state index contributed by atoms with van der Waals surface area (Å²) >= 11 is 12.9. The fourth-order valence-electron chi connectivity index (χ4n) is 4.45. The molecule has 1 N–H and O–H groups in total. The van der Waals surface area contributed by atoms with Crippen molar-refractivity contribution in [3.8, 4) is 11.5 Å². The van der Waals surface area contributed by atoms with E-state index in [9.17, 15) is 18.0 Å². The number of hydrogen-bond donors (Lipinski definition) is 1. The van der Waals surface area contributed by atoms with Gasteiger partial charge in [0, 0.05) is 27.7 Å². The summed E-state index contributed by atoms with van der Waals surface area (Å²) in [7, 11) is -1.43. The molecule has 0 saturated heterocycles. The zero-order valence-corrected chi connectivity index (χ0v) is 27.4. The van der Waals surface area contributed by atoms with Gasteiger partial charge in [0.1, 0.15) is 24.1 Å². The van der Waals surface area contributed by atoms with Gasteiger partial charge in [-0.25, -0.2) is 8.42 Å². The van der Waals surface area contributed by atoms with E-state index < -0.39 is 40.0 Å². The van der Waals surface area contributed by atoms with Crippen LogP contribution in [0.3, 0.4) is 0 Å². The van der Waals surface area contributed by atoms with Crippen LogP contribution in [-0.4, -0.2) is 57.5 Å². The van der Waals surface area contributed by atoms with Crippen LogP contribution < -0.4 is 19.1 Å². The number of carbonyl (C=O) groups is 2. The highest BCUT2D eigenvalue weighted by Gasteiger charge is 2.36. The quantitative estimate of drug-likeness (QED) is 0.261. The van der Waals surface area contributed by atoms with E-state index in [1.54, 1.807) is 49.4 Å². The van der Waals surface area contributed by atoms with Crippen LogP contribution in [0, 0.1) is 0 Å². The van der Waals surface area contributed by atoms with Gasteiger partial charge in [0.15, 0.2) is 0 Å². The molecule has 1 atom stereocenters. The molecule has 12 heteroatoms. The lowest BCUT2D eigenvalue weighted by Gasteiger charge is -2.35. The normalized spacial score (nSPS) is 12.3. The zero-order valence-electron chi connectivity index (χ0n) is 25.1. The van der Waals surface area contributed by atoms with Gasteiger partial charge in [0.25, 0.3) is 10.0 Å². The number of hydrogen-bond acceptors (Lipinski definition) is 6. The lowest BCUT2D eigenvalue weighted by atomic mass is 10.1. The summed E-state index contributed by atoms with van der Waals surface area (Å²) in [6.45, 7) is 6.50. The highest BCUT2D eigenvalue weighted by molar-refractivity contribution is 7.92. The van der Waals surface area contributed by atoms with Gasteiger partial charge in [-0.15, -0.1) is 0 Å². The average Bonchev–Trinajstić information content (AvgIpc) is 2.96. The summed E-state index contributed by atoms with van der Waals surface area (Å²) in [4.78, 5) is 29.0. The van der Waals surface area contributed by atoms with Crippen LogP contribution in [0.2, 0.25) is 10.0 Å². The molecular formula is C31H37Cl2N3O6S. The van der Waals surface area contributed by atoms with Crippen LogP contribution in [0.25, 0.3) is 0 Å². The van der Waals surface area contributed by atoms with Gasteiger partial charge in [0.2, 0.25) is 11.8 Å². The zero-order chi connectivity index (χ0) is 31.9. The molecule has 0 aliphatic heterocycles. The Morgan fingerprint density at radius 1 is 0.907 bits per heavy atom. The molecule has 0 bridgehead atoms. The van der Waals surface area contributed by atoms with Crippen molar-refractivity contribution in [2.24, 2.45) is 0 Å². The summed E-state index contributed by atoms with van der Waals surface area (Å²) in [5.74, 6) is -0.328. The van der Waals surface area contributed by atoms with Gasteiger partial charge in [-0.05, 0) is 75.7 Å². The number of nitrogens with one attached hydrogen (secondary N) is 1. The molecule has 0 unspecified atom stereocenters. The Kier molecular flexibility index (Phi) is 11.3. The fourth-order valence-corrected chi connectivity index (χ4v) is 6.39. The number of rotatable bonds is 12. The van der Waals surface area contributed by atoms with Crippen LogP contribution in [0.1, 0.15) is 39.7 Å². The summed E-state index contributed by atoms with van der Waals surface area (Å²) in [6, 6.07) is 16.3. The smallest absolute Gasteiger partial charge is 0.264 e. The maximum absolute atomic E-state index is 14.3. The van der Waals surface area contributed by atoms with E-state index in [1.807, 2.05) is 20.8 Å². The van der Waals surface area contributed by atoms with Gasteiger partial charge in [-0.2, -0.15) is 0 Å². The van der Waals surface area contributed by atoms with Gasteiger partial charge in [-0.1, -0.05) is 48.3 Å². The summed E-state index contributed by atoms with van der Waals surface area (Å²) in [6.07, 6.45) is 0.246. The Balaban J connectivity index is 2.15. The van der Waals surface area contributed by atoms with Crippen molar-refractivity contribution in [1.29, 1.82) is 0 Å². The molecule has 0 aliphatic carbocycles. The Morgan fingerprint density at radius 2 is 1.51 bits per heavy atom. The van der Waals surface area contributed by atoms with Crippen molar-refractivity contribution in [1.82, 2.24) is 10.2 Å². The van der Waals surface area contributed by atoms with Crippen molar-refractivity contribution in [3.63, 3.8) is 0 Å². The number of amides is 2. The van der Waals surface area contributed by atoms with E-state index in [1.165, 1.54) is 43.4 Å². The number of sulfonamides is 1. The van der Waals surface area contributed by atoms with Crippen LogP contribution in [0.5, 0.6) is 11.5 Å². The number of nitrogens with zero attached hydrogens (tertiary/aromatic N) is 2. The number of para-hydroxylation sites is 2. The topological polar surface area (TPSA) is 105 Å². The Bertz CT molecular complexity index is 1520. The number of carbonyl (C=O) groups excluding carboxylic acids is 2. The maximum Gasteiger partial charge on any atom is 0.264 e. The number of methoxy groups -OCH3 is 2. The number of benzene rings is 3. The van der Waals surface area contributed by atoms with Gasteiger partial charge >= 0.3 is 0 Å². The third-order valence-electron chi connectivity index (χ3n) is 6.55. The number of anilines is 1. The average molecular weight is 651 g/mol. The Morgan fingerprint density at radius 3 is 2.05 bits per heavy atom. The minimum absolute atomic E-state index is 0.0646. The number of ether oxygens (including phenoxy) is 2.